The van der Waals surface area contributed by atoms with Crippen molar-refractivity contribution in [2.24, 2.45) is 11.7 Å². The van der Waals surface area contributed by atoms with Crippen molar-refractivity contribution in [3.63, 3.8) is 0 Å². The topological polar surface area (TPSA) is 67.2 Å². The second-order valence-electron chi connectivity index (χ2n) is 4.95. The summed E-state index contributed by atoms with van der Waals surface area (Å²) in [5, 5.41) is 6.16. The molecule has 1 fully saturated rings. The quantitative estimate of drug-likeness (QED) is 0.722. The molecule has 0 aromatic heterocycles. The van der Waals surface area contributed by atoms with E-state index >= 15 is 0 Å². The number of carbonyl (C=O) groups is 1. The predicted molar refractivity (Wildman–Crippen MR) is 74.7 cm³/mol. The van der Waals surface area contributed by atoms with Gasteiger partial charge >= 0.3 is 6.03 Å². The lowest BCUT2D eigenvalue weighted by Crippen LogP contribution is -2.22. The Kier molecular flexibility index (Phi) is 4.07. The van der Waals surface area contributed by atoms with Gasteiger partial charge in [-0.25, -0.2) is 4.79 Å². The van der Waals surface area contributed by atoms with Gasteiger partial charge in [-0.15, -0.1) is 0 Å². The number of nitrogens with two attached hydrogens (primary N) is 1. The number of primary amides is 1. The number of urea groups is 1. The zero-order valence-electron chi connectivity index (χ0n) is 10.8. The lowest BCUT2D eigenvalue weighted by molar-refractivity contribution is 0.259. The van der Waals surface area contributed by atoms with Gasteiger partial charge in [-0.2, -0.15) is 0 Å². The van der Waals surface area contributed by atoms with Crippen molar-refractivity contribution in [1.82, 2.24) is 0 Å². The van der Waals surface area contributed by atoms with E-state index in [0.29, 0.717) is 6.04 Å². The Labute approximate surface area is 108 Å². The van der Waals surface area contributed by atoms with Gasteiger partial charge in [0, 0.05) is 17.4 Å². The molecule has 0 aliphatic heterocycles. The number of benzene rings is 1. The average molecular weight is 247 g/mol. The minimum Gasteiger partial charge on any atom is -0.382 e. The summed E-state index contributed by atoms with van der Waals surface area (Å²) in [6.45, 7) is 2.21. The molecule has 1 atom stereocenters. The van der Waals surface area contributed by atoms with Crippen LogP contribution >= 0.6 is 0 Å². The molecule has 1 aromatic rings. The number of amides is 2. The van der Waals surface area contributed by atoms with E-state index in [2.05, 4.69) is 17.6 Å². The minimum absolute atomic E-state index is 0.528. The molecule has 0 spiro atoms. The predicted octanol–water partition coefficient (Wildman–Crippen LogP) is 3.17. The van der Waals surface area contributed by atoms with Crippen molar-refractivity contribution in [1.29, 1.82) is 0 Å². The van der Waals surface area contributed by atoms with Gasteiger partial charge < -0.3 is 16.4 Å². The first kappa shape index (κ1) is 12.7. The number of hydrogen-bond acceptors (Lipinski definition) is 2. The van der Waals surface area contributed by atoms with Gasteiger partial charge in [-0.3, -0.25) is 0 Å². The molecule has 1 aliphatic rings. The SMILES string of the molecule is CCCC(Nc1cccc(NC(N)=O)c1)C1CC1. The molecule has 1 aromatic carbocycles. The first-order valence-corrected chi connectivity index (χ1v) is 6.62. The van der Waals surface area contributed by atoms with Crippen molar-refractivity contribution in [3.8, 4) is 0 Å². The molecule has 4 heteroatoms. The maximum Gasteiger partial charge on any atom is 0.316 e. The zero-order valence-corrected chi connectivity index (χ0v) is 10.8. The second-order valence-corrected chi connectivity index (χ2v) is 4.95. The lowest BCUT2D eigenvalue weighted by atomic mass is 10.1. The first-order chi connectivity index (χ1) is 8.69. The molecule has 0 bridgehead atoms. The summed E-state index contributed by atoms with van der Waals surface area (Å²) < 4.78 is 0. The van der Waals surface area contributed by atoms with Crippen LogP contribution in [0.5, 0.6) is 0 Å². The van der Waals surface area contributed by atoms with Crippen LogP contribution in [-0.4, -0.2) is 12.1 Å². The normalized spacial score (nSPS) is 16.1. The highest BCUT2D eigenvalue weighted by molar-refractivity contribution is 5.88. The van der Waals surface area contributed by atoms with Gasteiger partial charge in [0.2, 0.25) is 0 Å². The fourth-order valence-corrected chi connectivity index (χ4v) is 2.28. The summed E-state index contributed by atoms with van der Waals surface area (Å²) >= 11 is 0. The Balaban J connectivity index is 2.00. The highest BCUT2D eigenvalue weighted by Gasteiger charge is 2.30. The van der Waals surface area contributed by atoms with E-state index in [-0.39, 0.29) is 0 Å². The third kappa shape index (κ3) is 3.65. The molecule has 18 heavy (non-hydrogen) atoms. The molecule has 0 saturated heterocycles. The highest BCUT2D eigenvalue weighted by atomic mass is 16.2. The molecule has 0 heterocycles. The van der Waals surface area contributed by atoms with Gasteiger partial charge in [0.25, 0.3) is 0 Å². The van der Waals surface area contributed by atoms with E-state index in [1.54, 1.807) is 0 Å². The fourth-order valence-electron chi connectivity index (χ4n) is 2.28. The van der Waals surface area contributed by atoms with E-state index in [0.717, 1.165) is 17.3 Å². The van der Waals surface area contributed by atoms with Crippen LogP contribution < -0.4 is 16.4 Å². The third-order valence-corrected chi connectivity index (χ3v) is 3.27. The maximum absolute atomic E-state index is 10.8. The van der Waals surface area contributed by atoms with Crippen molar-refractivity contribution in [2.75, 3.05) is 10.6 Å². The van der Waals surface area contributed by atoms with Crippen molar-refractivity contribution in [2.45, 2.75) is 38.6 Å². The van der Waals surface area contributed by atoms with Gasteiger partial charge in [-0.1, -0.05) is 19.4 Å². The van der Waals surface area contributed by atoms with E-state index < -0.39 is 6.03 Å². The lowest BCUT2D eigenvalue weighted by Gasteiger charge is -2.19. The van der Waals surface area contributed by atoms with E-state index in [1.807, 2.05) is 24.3 Å². The number of nitrogens with one attached hydrogen (secondary N) is 2. The van der Waals surface area contributed by atoms with Crippen LogP contribution in [0.15, 0.2) is 24.3 Å². The van der Waals surface area contributed by atoms with Crippen molar-refractivity contribution < 1.29 is 4.79 Å². The molecular weight excluding hydrogens is 226 g/mol. The van der Waals surface area contributed by atoms with Crippen LogP contribution in [0.3, 0.4) is 0 Å². The van der Waals surface area contributed by atoms with E-state index in [1.165, 1.54) is 25.7 Å². The van der Waals surface area contributed by atoms with Gasteiger partial charge in [-0.05, 0) is 43.4 Å². The molecule has 0 radical (unpaired) electrons. The van der Waals surface area contributed by atoms with Gasteiger partial charge in [0.15, 0.2) is 0 Å². The Morgan fingerprint density at radius 2 is 2.17 bits per heavy atom. The summed E-state index contributed by atoms with van der Waals surface area (Å²) in [6, 6.07) is 7.73. The molecule has 1 unspecified atom stereocenters. The fraction of sp³-hybridized carbons (Fsp3) is 0.500. The molecule has 4 nitrogen and oxygen atoms in total. The summed E-state index contributed by atoms with van der Waals surface area (Å²) in [5.41, 5.74) is 6.89. The highest BCUT2D eigenvalue weighted by Crippen LogP contribution is 2.36. The molecular formula is C14H21N3O. The number of carbonyl (C=O) groups excluding carboxylic acids is 1. The Bertz CT molecular complexity index is 415. The standard InChI is InChI=1S/C14H21N3O/c1-2-4-13(10-7-8-10)16-11-5-3-6-12(9-11)17-14(15)18/h3,5-6,9-10,13,16H,2,4,7-8H2,1H3,(H3,15,17,18). The van der Waals surface area contributed by atoms with Gasteiger partial charge in [0.05, 0.1) is 0 Å². The van der Waals surface area contributed by atoms with Crippen LogP contribution in [0.2, 0.25) is 0 Å². The smallest absolute Gasteiger partial charge is 0.316 e. The maximum atomic E-state index is 10.8. The van der Waals surface area contributed by atoms with Crippen molar-refractivity contribution >= 4 is 17.4 Å². The summed E-state index contributed by atoms with van der Waals surface area (Å²) in [6.07, 6.45) is 5.04. The summed E-state index contributed by atoms with van der Waals surface area (Å²) in [7, 11) is 0. The first-order valence-electron chi connectivity index (χ1n) is 6.62. The molecule has 1 aliphatic carbocycles. The van der Waals surface area contributed by atoms with Crippen LogP contribution in [0.1, 0.15) is 32.6 Å². The second kappa shape index (κ2) is 5.76. The van der Waals surface area contributed by atoms with Crippen LogP contribution in [0.25, 0.3) is 0 Å². The van der Waals surface area contributed by atoms with Crippen molar-refractivity contribution in [3.05, 3.63) is 24.3 Å². The Morgan fingerprint density at radius 3 is 2.78 bits per heavy atom. The van der Waals surface area contributed by atoms with E-state index in [4.69, 9.17) is 5.73 Å². The number of anilines is 2. The molecule has 2 amide bonds. The molecule has 1 saturated carbocycles. The summed E-state index contributed by atoms with van der Waals surface area (Å²) in [5.74, 6) is 0.817. The molecule has 98 valence electrons. The number of rotatable bonds is 6. The molecule has 2 rings (SSSR count). The van der Waals surface area contributed by atoms with Crippen LogP contribution in [-0.2, 0) is 0 Å². The zero-order chi connectivity index (χ0) is 13.0. The third-order valence-electron chi connectivity index (χ3n) is 3.27. The monoisotopic (exact) mass is 247 g/mol. The molecule has 4 N–H and O–H groups in total. The van der Waals surface area contributed by atoms with Crippen LogP contribution in [0, 0.1) is 5.92 Å². The largest absolute Gasteiger partial charge is 0.382 e. The van der Waals surface area contributed by atoms with E-state index in [9.17, 15) is 4.79 Å². The Hall–Kier alpha value is -1.71. The Morgan fingerprint density at radius 1 is 1.44 bits per heavy atom. The van der Waals surface area contributed by atoms with Gasteiger partial charge in [0.1, 0.15) is 0 Å². The summed E-state index contributed by atoms with van der Waals surface area (Å²) in [4.78, 5) is 10.8. The number of hydrogen-bond donors (Lipinski definition) is 3. The van der Waals surface area contributed by atoms with Crippen LogP contribution in [0.4, 0.5) is 16.2 Å². The average Bonchev–Trinajstić information content (AvgIpc) is 3.12. The minimum atomic E-state index is -0.528.